The summed E-state index contributed by atoms with van der Waals surface area (Å²) in [5.41, 5.74) is 1.10. The van der Waals surface area contributed by atoms with Crippen LogP contribution in [0, 0.1) is 0 Å². The van der Waals surface area contributed by atoms with Crippen LogP contribution in [0.4, 0.5) is 0 Å². The Hall–Kier alpha value is -1.37. The van der Waals surface area contributed by atoms with E-state index in [1.165, 1.54) is 12.1 Å². The Kier molecular flexibility index (Phi) is 4.00. The highest BCUT2D eigenvalue weighted by molar-refractivity contribution is 7.89. The molecule has 6 heteroatoms. The van der Waals surface area contributed by atoms with Crippen LogP contribution in [0.3, 0.4) is 0 Å². The number of nitrogens with one attached hydrogen (secondary N) is 1. The Morgan fingerprint density at radius 3 is 2.67 bits per heavy atom. The maximum Gasteiger partial charge on any atom is 0.244 e. The van der Waals surface area contributed by atoms with Crippen molar-refractivity contribution in [2.24, 2.45) is 0 Å². The lowest BCUT2D eigenvalue weighted by molar-refractivity contribution is 0.458. The first kappa shape index (κ1) is 13.1. The molecule has 2 rings (SSSR count). The maximum absolute atomic E-state index is 11.9. The van der Waals surface area contributed by atoms with Gasteiger partial charge in [-0.15, -0.1) is 0 Å². The fraction of sp³-hybridized carbons (Fsp3) is 0.167. The second-order valence-corrected chi connectivity index (χ2v) is 6.26. The number of phenolic OH excluding ortho intramolecular Hbond substituents is 1. The van der Waals surface area contributed by atoms with Crippen LogP contribution in [0.25, 0.3) is 0 Å². The van der Waals surface area contributed by atoms with Gasteiger partial charge in [0.2, 0.25) is 10.0 Å². The monoisotopic (exact) mass is 283 g/mol. The van der Waals surface area contributed by atoms with Crippen LogP contribution in [0.2, 0.25) is 0 Å². The fourth-order valence-electron chi connectivity index (χ4n) is 1.53. The van der Waals surface area contributed by atoms with Gasteiger partial charge in [-0.2, -0.15) is 11.3 Å². The number of benzene rings is 1. The molecule has 0 bridgehead atoms. The van der Waals surface area contributed by atoms with E-state index in [-0.39, 0.29) is 10.6 Å². The van der Waals surface area contributed by atoms with E-state index >= 15 is 0 Å². The Morgan fingerprint density at radius 2 is 2.00 bits per heavy atom. The third kappa shape index (κ3) is 3.10. The number of hydrogen-bond donors (Lipinski definition) is 2. The summed E-state index contributed by atoms with van der Waals surface area (Å²) in [4.78, 5) is -0.0877. The van der Waals surface area contributed by atoms with Gasteiger partial charge < -0.3 is 5.11 Å². The molecule has 0 unspecified atom stereocenters. The van der Waals surface area contributed by atoms with E-state index in [0.29, 0.717) is 13.0 Å². The first-order valence-corrected chi connectivity index (χ1v) is 7.81. The summed E-state index contributed by atoms with van der Waals surface area (Å²) < 4.78 is 26.3. The highest BCUT2D eigenvalue weighted by Gasteiger charge is 2.17. The SMILES string of the molecule is O=S(=O)(NCCc1ccsc1)c1ccccc1O. The normalized spacial score (nSPS) is 11.6. The first-order valence-electron chi connectivity index (χ1n) is 5.38. The molecule has 1 aromatic heterocycles. The summed E-state index contributed by atoms with van der Waals surface area (Å²) in [6.07, 6.45) is 0.635. The van der Waals surface area contributed by atoms with E-state index in [1.54, 1.807) is 23.5 Å². The Balaban J connectivity index is 2.02. The molecule has 2 aromatic rings. The second-order valence-electron chi connectivity index (χ2n) is 3.75. The number of thiophene rings is 1. The number of aromatic hydroxyl groups is 1. The molecule has 0 spiro atoms. The Bertz CT molecular complexity index is 606. The van der Waals surface area contributed by atoms with E-state index in [1.807, 2.05) is 16.8 Å². The van der Waals surface area contributed by atoms with Crippen molar-refractivity contribution < 1.29 is 13.5 Å². The molecule has 0 fully saturated rings. The lowest BCUT2D eigenvalue weighted by Gasteiger charge is -2.07. The third-order valence-corrected chi connectivity index (χ3v) is 4.68. The number of para-hydroxylation sites is 1. The van der Waals surface area contributed by atoms with Gasteiger partial charge in [0.15, 0.2) is 0 Å². The molecule has 0 aliphatic heterocycles. The maximum atomic E-state index is 11.9. The minimum atomic E-state index is -3.64. The lowest BCUT2D eigenvalue weighted by atomic mass is 10.2. The zero-order valence-corrected chi connectivity index (χ0v) is 11.2. The van der Waals surface area contributed by atoms with E-state index < -0.39 is 10.0 Å². The molecule has 0 aliphatic carbocycles. The summed E-state index contributed by atoms with van der Waals surface area (Å²) in [7, 11) is -3.64. The van der Waals surface area contributed by atoms with E-state index in [9.17, 15) is 13.5 Å². The van der Waals surface area contributed by atoms with Crippen molar-refractivity contribution >= 4 is 21.4 Å². The second kappa shape index (κ2) is 5.51. The van der Waals surface area contributed by atoms with Crippen molar-refractivity contribution in [1.82, 2.24) is 4.72 Å². The fourth-order valence-corrected chi connectivity index (χ4v) is 3.36. The average molecular weight is 283 g/mol. The van der Waals surface area contributed by atoms with Gasteiger partial charge >= 0.3 is 0 Å². The molecule has 1 aromatic carbocycles. The number of sulfonamides is 1. The van der Waals surface area contributed by atoms with Crippen molar-refractivity contribution in [1.29, 1.82) is 0 Å². The van der Waals surface area contributed by atoms with Crippen LogP contribution >= 0.6 is 11.3 Å². The van der Waals surface area contributed by atoms with E-state index in [0.717, 1.165) is 5.56 Å². The highest BCUT2D eigenvalue weighted by Crippen LogP contribution is 2.20. The predicted molar refractivity (Wildman–Crippen MR) is 71.3 cm³/mol. The number of phenols is 1. The van der Waals surface area contributed by atoms with Crippen LogP contribution in [0.15, 0.2) is 46.0 Å². The van der Waals surface area contributed by atoms with Crippen LogP contribution in [0.1, 0.15) is 5.56 Å². The van der Waals surface area contributed by atoms with Gasteiger partial charge in [-0.25, -0.2) is 13.1 Å². The van der Waals surface area contributed by atoms with Crippen molar-refractivity contribution in [2.75, 3.05) is 6.54 Å². The summed E-state index contributed by atoms with van der Waals surface area (Å²) in [5.74, 6) is -0.236. The van der Waals surface area contributed by atoms with Crippen molar-refractivity contribution in [3.8, 4) is 5.75 Å². The van der Waals surface area contributed by atoms with Gasteiger partial charge in [0.1, 0.15) is 10.6 Å². The zero-order valence-electron chi connectivity index (χ0n) is 9.54. The van der Waals surface area contributed by atoms with Crippen molar-refractivity contribution in [2.45, 2.75) is 11.3 Å². The molecule has 0 amide bonds. The van der Waals surface area contributed by atoms with Gasteiger partial charge in [0, 0.05) is 6.54 Å². The van der Waals surface area contributed by atoms with Gasteiger partial charge in [-0.3, -0.25) is 0 Å². The van der Waals surface area contributed by atoms with Crippen molar-refractivity contribution in [3.63, 3.8) is 0 Å². The average Bonchev–Trinajstić information content (AvgIpc) is 2.82. The molecule has 0 radical (unpaired) electrons. The summed E-state index contributed by atoms with van der Waals surface area (Å²) in [5, 5.41) is 13.4. The van der Waals surface area contributed by atoms with Crippen LogP contribution in [0.5, 0.6) is 5.75 Å². The quantitative estimate of drug-likeness (QED) is 0.881. The predicted octanol–water partition coefficient (Wildman–Crippen LogP) is 1.97. The molecular weight excluding hydrogens is 270 g/mol. The molecular formula is C12H13NO3S2. The molecule has 96 valence electrons. The number of hydrogen-bond acceptors (Lipinski definition) is 4. The smallest absolute Gasteiger partial charge is 0.244 e. The summed E-state index contributed by atoms with van der Waals surface area (Å²) in [6.45, 7) is 0.313. The van der Waals surface area contributed by atoms with Crippen LogP contribution in [-0.4, -0.2) is 20.1 Å². The molecule has 4 nitrogen and oxygen atoms in total. The van der Waals surface area contributed by atoms with Gasteiger partial charge in [-0.05, 0) is 40.9 Å². The molecule has 0 saturated heterocycles. The van der Waals surface area contributed by atoms with Gasteiger partial charge in [-0.1, -0.05) is 12.1 Å². The standard InChI is InChI=1S/C12H13NO3S2/c14-11-3-1-2-4-12(11)18(15,16)13-7-5-10-6-8-17-9-10/h1-4,6,8-9,13-14H,5,7H2. The Labute approximate surface area is 110 Å². The topological polar surface area (TPSA) is 66.4 Å². The molecule has 18 heavy (non-hydrogen) atoms. The van der Waals surface area contributed by atoms with Crippen LogP contribution < -0.4 is 4.72 Å². The first-order chi connectivity index (χ1) is 8.59. The van der Waals surface area contributed by atoms with Crippen molar-refractivity contribution in [3.05, 3.63) is 46.7 Å². The van der Waals surface area contributed by atoms with E-state index in [4.69, 9.17) is 0 Å². The minimum Gasteiger partial charge on any atom is -0.507 e. The minimum absolute atomic E-state index is 0.0877. The van der Waals surface area contributed by atoms with Gasteiger partial charge in [0.05, 0.1) is 0 Å². The molecule has 0 aliphatic rings. The highest BCUT2D eigenvalue weighted by atomic mass is 32.2. The van der Waals surface area contributed by atoms with Crippen LogP contribution in [-0.2, 0) is 16.4 Å². The third-order valence-electron chi connectivity index (χ3n) is 2.44. The zero-order chi connectivity index (χ0) is 13.0. The largest absolute Gasteiger partial charge is 0.507 e. The molecule has 2 N–H and O–H groups in total. The number of rotatable bonds is 5. The Morgan fingerprint density at radius 1 is 1.22 bits per heavy atom. The summed E-state index contributed by atoms with van der Waals surface area (Å²) in [6, 6.07) is 7.85. The molecule has 1 heterocycles. The molecule has 0 saturated carbocycles. The summed E-state index contributed by atoms with van der Waals surface area (Å²) >= 11 is 1.58. The van der Waals surface area contributed by atoms with E-state index in [2.05, 4.69) is 4.72 Å². The van der Waals surface area contributed by atoms with Gasteiger partial charge in [0.25, 0.3) is 0 Å². The molecule has 0 atom stereocenters. The lowest BCUT2D eigenvalue weighted by Crippen LogP contribution is -2.25.